The van der Waals surface area contributed by atoms with Crippen molar-refractivity contribution in [1.29, 1.82) is 0 Å². The van der Waals surface area contributed by atoms with Crippen LogP contribution in [0.1, 0.15) is 67.5 Å². The van der Waals surface area contributed by atoms with Crippen LogP contribution in [0.2, 0.25) is 10.0 Å². The molecule has 0 aliphatic heterocycles. The topological polar surface area (TPSA) is 80.5 Å². The molecule has 1 aromatic heterocycles. The summed E-state index contributed by atoms with van der Waals surface area (Å²) in [4.78, 5) is 19.3. The summed E-state index contributed by atoms with van der Waals surface area (Å²) in [5.74, 6) is -0.183. The number of halogens is 3. The fraction of sp³-hybridized carbons (Fsp3) is 0.400. The number of rotatable bonds is 10. The van der Waals surface area contributed by atoms with Gasteiger partial charge in [-0.15, -0.1) is 0 Å². The zero-order valence-electron chi connectivity index (χ0n) is 22.4. The van der Waals surface area contributed by atoms with Crippen LogP contribution in [0.4, 0.5) is 10.2 Å². The molecule has 3 aromatic rings. The average Bonchev–Trinajstić information content (AvgIpc) is 2.95. The Labute approximate surface area is 239 Å². The number of carbonyl (C=O) groups is 1. The average molecular weight is 574 g/mol. The molecule has 0 saturated heterocycles. The van der Waals surface area contributed by atoms with E-state index in [1.165, 1.54) is 44.2 Å². The van der Waals surface area contributed by atoms with Gasteiger partial charge in [0.05, 0.1) is 5.02 Å². The summed E-state index contributed by atoms with van der Waals surface area (Å²) in [6.07, 6.45) is 8.42. The molecule has 4 rings (SSSR count). The van der Waals surface area contributed by atoms with Crippen LogP contribution < -0.4 is 15.8 Å². The van der Waals surface area contributed by atoms with E-state index in [4.69, 9.17) is 33.7 Å². The van der Waals surface area contributed by atoms with Crippen LogP contribution >= 0.6 is 23.2 Å². The molecule has 208 valence electrons. The van der Waals surface area contributed by atoms with Gasteiger partial charge in [-0.2, -0.15) is 0 Å². The quantitative estimate of drug-likeness (QED) is 0.197. The van der Waals surface area contributed by atoms with E-state index in [0.717, 1.165) is 24.1 Å². The molecular formula is C30H35Cl2FN4O2. The smallest absolute Gasteiger partial charge is 0.251 e. The molecule has 1 aliphatic rings. The van der Waals surface area contributed by atoms with Crippen molar-refractivity contribution < 1.29 is 13.9 Å². The maximum Gasteiger partial charge on any atom is 0.251 e. The number of amides is 1. The van der Waals surface area contributed by atoms with Gasteiger partial charge in [0.15, 0.2) is 11.6 Å². The van der Waals surface area contributed by atoms with Crippen molar-refractivity contribution in [2.24, 2.45) is 0 Å². The summed E-state index contributed by atoms with van der Waals surface area (Å²) in [5.41, 5.74) is 8.56. The highest BCUT2D eigenvalue weighted by molar-refractivity contribution is 6.36. The first-order chi connectivity index (χ1) is 18.7. The van der Waals surface area contributed by atoms with E-state index in [2.05, 4.69) is 22.2 Å². The Morgan fingerprint density at radius 2 is 1.87 bits per heavy atom. The fourth-order valence-corrected chi connectivity index (χ4v) is 5.70. The maximum absolute atomic E-state index is 14.0. The highest BCUT2D eigenvalue weighted by atomic mass is 35.5. The second-order valence-corrected chi connectivity index (χ2v) is 10.9. The first kappa shape index (κ1) is 29.1. The molecule has 1 atom stereocenters. The molecule has 9 heteroatoms. The fourth-order valence-electron chi connectivity index (χ4n) is 5.02. The second kappa shape index (κ2) is 13.5. The molecule has 39 heavy (non-hydrogen) atoms. The maximum atomic E-state index is 14.0. The normalized spacial score (nSPS) is 14.8. The molecule has 2 aromatic carbocycles. The van der Waals surface area contributed by atoms with Gasteiger partial charge >= 0.3 is 0 Å². The Balaban J connectivity index is 1.35. The summed E-state index contributed by atoms with van der Waals surface area (Å²) in [7, 11) is 2.19. The largest absolute Gasteiger partial charge is 0.482 e. The summed E-state index contributed by atoms with van der Waals surface area (Å²) in [6, 6.07) is 12.3. The Morgan fingerprint density at radius 3 is 2.59 bits per heavy atom. The van der Waals surface area contributed by atoms with E-state index in [1.54, 1.807) is 31.3 Å². The van der Waals surface area contributed by atoms with E-state index < -0.39 is 11.9 Å². The van der Waals surface area contributed by atoms with Gasteiger partial charge < -0.3 is 20.7 Å². The van der Waals surface area contributed by atoms with E-state index in [9.17, 15) is 9.18 Å². The van der Waals surface area contributed by atoms with Crippen molar-refractivity contribution in [3.63, 3.8) is 0 Å². The second-order valence-electron chi connectivity index (χ2n) is 10.1. The Hall–Kier alpha value is -2.87. The van der Waals surface area contributed by atoms with Crippen molar-refractivity contribution in [2.75, 3.05) is 25.9 Å². The van der Waals surface area contributed by atoms with Crippen LogP contribution in [0.15, 0.2) is 48.7 Å². The molecular weight excluding hydrogens is 538 g/mol. The lowest BCUT2D eigenvalue weighted by Gasteiger charge is -2.31. The van der Waals surface area contributed by atoms with Gasteiger partial charge in [0, 0.05) is 40.5 Å². The lowest BCUT2D eigenvalue weighted by atomic mass is 9.94. The third kappa shape index (κ3) is 7.41. The molecule has 1 saturated carbocycles. The third-order valence-electron chi connectivity index (χ3n) is 7.32. The van der Waals surface area contributed by atoms with Gasteiger partial charge in [-0.3, -0.25) is 4.79 Å². The molecule has 3 N–H and O–H groups in total. The van der Waals surface area contributed by atoms with Crippen LogP contribution in [0, 0.1) is 5.82 Å². The number of pyridine rings is 1. The number of hydrogen-bond acceptors (Lipinski definition) is 5. The first-order valence-electron chi connectivity index (χ1n) is 13.4. The van der Waals surface area contributed by atoms with Crippen molar-refractivity contribution in [3.8, 4) is 16.9 Å². The van der Waals surface area contributed by atoms with E-state index in [1.807, 2.05) is 12.1 Å². The molecule has 1 aliphatic carbocycles. The Morgan fingerprint density at radius 1 is 1.15 bits per heavy atom. The number of nitrogens with two attached hydrogens (primary N) is 1. The zero-order chi connectivity index (χ0) is 27.9. The van der Waals surface area contributed by atoms with E-state index in [-0.39, 0.29) is 16.7 Å². The standard InChI is InChI=1S/C30H35Cl2FN4O2/c1-19(27-24(31)13-14-25(33)28(27)32)39-26-17-22(18-36-29(26)34)20-9-11-21(12-10-20)30(38)35-15-6-16-37(2)23-7-4-3-5-8-23/h9-14,17-19,23H,3-8,15-16H2,1-2H3,(H2,34,36)(H,35,38). The molecule has 1 heterocycles. The number of ether oxygens (including phenoxy) is 1. The summed E-state index contributed by atoms with van der Waals surface area (Å²) in [5, 5.41) is 3.22. The van der Waals surface area contributed by atoms with Crippen molar-refractivity contribution >= 4 is 34.9 Å². The van der Waals surface area contributed by atoms with Gasteiger partial charge in [0.1, 0.15) is 11.9 Å². The Bertz CT molecular complexity index is 1280. The van der Waals surface area contributed by atoms with Crippen LogP contribution in [0.5, 0.6) is 5.75 Å². The molecule has 0 bridgehead atoms. The predicted octanol–water partition coefficient (Wildman–Crippen LogP) is 7.30. The Kier molecular flexibility index (Phi) is 10.1. The number of hydrogen-bond donors (Lipinski definition) is 2. The van der Waals surface area contributed by atoms with Crippen LogP contribution in [0.3, 0.4) is 0 Å². The molecule has 0 spiro atoms. The minimum absolute atomic E-state index is 0.0946. The number of anilines is 1. The van der Waals surface area contributed by atoms with Crippen molar-refractivity contribution in [1.82, 2.24) is 15.2 Å². The molecule has 1 fully saturated rings. The summed E-state index contributed by atoms with van der Waals surface area (Å²) in [6.45, 7) is 3.33. The van der Waals surface area contributed by atoms with Gasteiger partial charge in [-0.1, -0.05) is 54.6 Å². The lowest BCUT2D eigenvalue weighted by Crippen LogP contribution is -2.35. The highest BCUT2D eigenvalue weighted by Crippen LogP contribution is 2.37. The van der Waals surface area contributed by atoms with E-state index >= 15 is 0 Å². The van der Waals surface area contributed by atoms with Gasteiger partial charge in [0.2, 0.25) is 0 Å². The van der Waals surface area contributed by atoms with Crippen LogP contribution in [-0.4, -0.2) is 42.0 Å². The zero-order valence-corrected chi connectivity index (χ0v) is 23.9. The lowest BCUT2D eigenvalue weighted by molar-refractivity contribution is 0.0950. The number of aromatic nitrogens is 1. The summed E-state index contributed by atoms with van der Waals surface area (Å²) < 4.78 is 20.0. The minimum atomic E-state index is -0.673. The minimum Gasteiger partial charge on any atom is -0.482 e. The number of benzene rings is 2. The third-order valence-corrected chi connectivity index (χ3v) is 8.04. The van der Waals surface area contributed by atoms with Gasteiger partial charge in [0.25, 0.3) is 5.91 Å². The number of nitrogens with one attached hydrogen (secondary N) is 1. The SMILES string of the molecule is CC(Oc1cc(-c2ccc(C(=O)NCCCN(C)C3CCCCC3)cc2)cnc1N)c1c(Cl)ccc(F)c1Cl. The summed E-state index contributed by atoms with van der Waals surface area (Å²) >= 11 is 12.4. The molecule has 1 unspecified atom stereocenters. The number of nitrogens with zero attached hydrogens (tertiary/aromatic N) is 2. The van der Waals surface area contributed by atoms with Gasteiger partial charge in [-0.05, 0) is 75.7 Å². The molecule has 6 nitrogen and oxygen atoms in total. The predicted molar refractivity (Wildman–Crippen MR) is 156 cm³/mol. The van der Waals surface area contributed by atoms with Gasteiger partial charge in [-0.25, -0.2) is 9.37 Å². The van der Waals surface area contributed by atoms with Crippen molar-refractivity contribution in [2.45, 2.75) is 57.6 Å². The van der Waals surface area contributed by atoms with Crippen molar-refractivity contribution in [3.05, 3.63) is 75.7 Å². The van der Waals surface area contributed by atoms with Crippen LogP contribution in [0.25, 0.3) is 11.1 Å². The molecule has 1 amide bonds. The van der Waals surface area contributed by atoms with E-state index in [0.29, 0.717) is 34.5 Å². The number of carbonyl (C=O) groups excluding carboxylic acids is 1. The number of nitrogen functional groups attached to an aromatic ring is 1. The first-order valence-corrected chi connectivity index (χ1v) is 14.1. The highest BCUT2D eigenvalue weighted by Gasteiger charge is 2.20. The van der Waals surface area contributed by atoms with Crippen LogP contribution in [-0.2, 0) is 0 Å². The monoisotopic (exact) mass is 572 g/mol. The molecule has 0 radical (unpaired) electrons.